The quantitative estimate of drug-likeness (QED) is 0.837. The van der Waals surface area contributed by atoms with Gasteiger partial charge >= 0.3 is 0 Å². The zero-order chi connectivity index (χ0) is 13.9. The Labute approximate surface area is 125 Å². The summed E-state index contributed by atoms with van der Waals surface area (Å²) in [5.74, 6) is 1.04. The molecule has 0 saturated heterocycles. The van der Waals surface area contributed by atoms with Gasteiger partial charge in [-0.25, -0.2) is 0 Å². The van der Waals surface area contributed by atoms with Crippen LogP contribution in [0.2, 0.25) is 0 Å². The lowest BCUT2D eigenvalue weighted by Crippen LogP contribution is -2.43. The molecule has 3 heteroatoms. The Bertz CT molecular complexity index is 435. The van der Waals surface area contributed by atoms with Crippen LogP contribution in [0.4, 0.5) is 0 Å². The first-order valence-corrected chi connectivity index (χ1v) is 8.09. The van der Waals surface area contributed by atoms with Crippen molar-refractivity contribution in [2.75, 3.05) is 7.05 Å². The first kappa shape index (κ1) is 14.9. The van der Waals surface area contributed by atoms with Crippen molar-refractivity contribution in [3.8, 4) is 5.75 Å². The molecule has 106 valence electrons. The van der Waals surface area contributed by atoms with Gasteiger partial charge in [-0.1, -0.05) is 42.3 Å². The molecular weight excluding hydrogens is 302 g/mol. The third-order valence-electron chi connectivity index (χ3n) is 4.23. The molecule has 19 heavy (non-hydrogen) atoms. The van der Waals surface area contributed by atoms with Gasteiger partial charge in [0.25, 0.3) is 0 Å². The minimum Gasteiger partial charge on any atom is -0.487 e. The summed E-state index contributed by atoms with van der Waals surface area (Å²) in [6, 6.07) is 6.76. The third kappa shape index (κ3) is 3.14. The fourth-order valence-electron chi connectivity index (χ4n) is 2.94. The van der Waals surface area contributed by atoms with Crippen molar-refractivity contribution < 1.29 is 4.74 Å². The maximum Gasteiger partial charge on any atom is 0.126 e. The number of nitrogens with one attached hydrogen (secondary N) is 1. The molecule has 1 heterocycles. The number of hydrogen-bond acceptors (Lipinski definition) is 2. The summed E-state index contributed by atoms with van der Waals surface area (Å²) in [6.07, 6.45) is 5.73. The molecule has 0 aromatic heterocycles. The first-order valence-electron chi connectivity index (χ1n) is 7.30. The predicted octanol–water partition coefficient (Wildman–Crippen LogP) is 4.83. The van der Waals surface area contributed by atoms with Crippen molar-refractivity contribution in [3.05, 3.63) is 28.2 Å². The number of fused-ring (bicyclic) bond motifs is 1. The Balaban J connectivity index is 2.32. The zero-order valence-electron chi connectivity index (χ0n) is 12.1. The van der Waals surface area contributed by atoms with Gasteiger partial charge in [-0.15, -0.1) is 0 Å². The largest absolute Gasteiger partial charge is 0.487 e. The van der Waals surface area contributed by atoms with Gasteiger partial charge in [-0.2, -0.15) is 0 Å². The molecule has 1 aromatic carbocycles. The van der Waals surface area contributed by atoms with E-state index in [1.54, 1.807) is 0 Å². The standard InChI is InChI=1S/C16H24BrNO/c1-4-6-9-16(5-2)11-14(18-3)13-8-7-12(17)10-15(13)19-16/h7-8,10,14,18H,4-6,9,11H2,1-3H3. The van der Waals surface area contributed by atoms with Crippen LogP contribution in [-0.4, -0.2) is 12.6 Å². The topological polar surface area (TPSA) is 21.3 Å². The van der Waals surface area contributed by atoms with Gasteiger partial charge in [-0.3, -0.25) is 0 Å². The number of benzene rings is 1. The maximum atomic E-state index is 6.41. The molecule has 1 aliphatic heterocycles. The number of rotatable bonds is 5. The second-order valence-electron chi connectivity index (χ2n) is 5.47. The van der Waals surface area contributed by atoms with Crippen LogP contribution < -0.4 is 10.1 Å². The van der Waals surface area contributed by atoms with Gasteiger partial charge in [0.2, 0.25) is 0 Å². The second-order valence-corrected chi connectivity index (χ2v) is 6.39. The van der Waals surface area contributed by atoms with Crippen molar-refractivity contribution in [1.82, 2.24) is 5.32 Å². The lowest BCUT2D eigenvalue weighted by atomic mass is 9.82. The fraction of sp³-hybridized carbons (Fsp3) is 0.625. The molecule has 2 nitrogen and oxygen atoms in total. The zero-order valence-corrected chi connectivity index (χ0v) is 13.7. The molecule has 2 atom stereocenters. The van der Waals surface area contributed by atoms with Crippen LogP contribution in [-0.2, 0) is 0 Å². The van der Waals surface area contributed by atoms with Crippen LogP contribution in [0.1, 0.15) is 57.6 Å². The van der Waals surface area contributed by atoms with E-state index in [1.165, 1.54) is 18.4 Å². The smallest absolute Gasteiger partial charge is 0.126 e. The molecule has 0 radical (unpaired) electrons. The van der Waals surface area contributed by atoms with E-state index >= 15 is 0 Å². The summed E-state index contributed by atoms with van der Waals surface area (Å²) in [6.45, 7) is 4.48. The highest BCUT2D eigenvalue weighted by Gasteiger charge is 2.38. The molecule has 0 spiro atoms. The lowest BCUT2D eigenvalue weighted by Gasteiger charge is -2.42. The van der Waals surface area contributed by atoms with Gasteiger partial charge in [-0.05, 0) is 38.4 Å². The molecule has 1 aliphatic rings. The molecule has 0 aliphatic carbocycles. The fourth-order valence-corrected chi connectivity index (χ4v) is 3.28. The van der Waals surface area contributed by atoms with E-state index in [4.69, 9.17) is 4.74 Å². The summed E-state index contributed by atoms with van der Waals surface area (Å²) in [5.41, 5.74) is 1.28. The maximum absolute atomic E-state index is 6.41. The van der Waals surface area contributed by atoms with Crippen molar-refractivity contribution in [1.29, 1.82) is 0 Å². The minimum atomic E-state index is -0.00250. The van der Waals surface area contributed by atoms with E-state index in [2.05, 4.69) is 53.3 Å². The van der Waals surface area contributed by atoms with Gasteiger partial charge in [0, 0.05) is 22.5 Å². The van der Waals surface area contributed by atoms with Gasteiger partial charge in [0.15, 0.2) is 0 Å². The lowest BCUT2D eigenvalue weighted by molar-refractivity contribution is 0.0175. The Morgan fingerprint density at radius 2 is 2.21 bits per heavy atom. The summed E-state index contributed by atoms with van der Waals surface area (Å²) in [4.78, 5) is 0. The second kappa shape index (κ2) is 6.27. The summed E-state index contributed by atoms with van der Waals surface area (Å²) in [5, 5.41) is 3.45. The molecule has 0 amide bonds. The normalized spacial score (nSPS) is 25.8. The van der Waals surface area contributed by atoms with Crippen LogP contribution in [0.5, 0.6) is 5.75 Å². The highest BCUT2D eigenvalue weighted by Crippen LogP contribution is 2.44. The van der Waals surface area contributed by atoms with Crippen LogP contribution in [0.25, 0.3) is 0 Å². The number of ether oxygens (including phenoxy) is 1. The highest BCUT2D eigenvalue weighted by molar-refractivity contribution is 9.10. The van der Waals surface area contributed by atoms with Crippen LogP contribution >= 0.6 is 15.9 Å². The molecule has 0 bridgehead atoms. The molecule has 2 unspecified atom stereocenters. The summed E-state index contributed by atoms with van der Waals surface area (Å²) >= 11 is 3.54. The summed E-state index contributed by atoms with van der Waals surface area (Å²) < 4.78 is 7.50. The van der Waals surface area contributed by atoms with Crippen molar-refractivity contribution >= 4 is 15.9 Å². The highest BCUT2D eigenvalue weighted by atomic mass is 79.9. The minimum absolute atomic E-state index is 0.00250. The Morgan fingerprint density at radius 1 is 1.42 bits per heavy atom. The first-order chi connectivity index (χ1) is 9.14. The molecule has 1 aromatic rings. The molecule has 2 rings (SSSR count). The van der Waals surface area contributed by atoms with Gasteiger partial charge < -0.3 is 10.1 Å². The predicted molar refractivity (Wildman–Crippen MR) is 83.7 cm³/mol. The van der Waals surface area contributed by atoms with E-state index in [0.29, 0.717) is 6.04 Å². The average Bonchev–Trinajstić information content (AvgIpc) is 2.43. The van der Waals surface area contributed by atoms with Gasteiger partial charge in [0.05, 0.1) is 0 Å². The monoisotopic (exact) mass is 325 g/mol. The van der Waals surface area contributed by atoms with E-state index < -0.39 is 0 Å². The van der Waals surface area contributed by atoms with Crippen LogP contribution in [0, 0.1) is 0 Å². The molecule has 0 saturated carbocycles. The molecular formula is C16H24BrNO. The SMILES string of the molecule is CCCCC1(CC)CC(NC)c2ccc(Br)cc2O1. The Hall–Kier alpha value is -0.540. The van der Waals surface area contributed by atoms with Crippen molar-refractivity contribution in [3.63, 3.8) is 0 Å². The number of hydrogen-bond donors (Lipinski definition) is 1. The van der Waals surface area contributed by atoms with E-state index in [-0.39, 0.29) is 5.60 Å². The summed E-state index contributed by atoms with van der Waals surface area (Å²) in [7, 11) is 2.04. The van der Waals surface area contributed by atoms with E-state index in [0.717, 1.165) is 29.5 Å². The average molecular weight is 326 g/mol. The number of halogens is 1. The Morgan fingerprint density at radius 3 is 2.84 bits per heavy atom. The Kier molecular flexibility index (Phi) is 4.91. The van der Waals surface area contributed by atoms with Crippen molar-refractivity contribution in [2.45, 2.75) is 57.6 Å². The van der Waals surface area contributed by atoms with E-state index in [1.807, 2.05) is 7.05 Å². The van der Waals surface area contributed by atoms with Crippen LogP contribution in [0.3, 0.4) is 0 Å². The van der Waals surface area contributed by atoms with Crippen LogP contribution in [0.15, 0.2) is 22.7 Å². The third-order valence-corrected chi connectivity index (χ3v) is 4.73. The van der Waals surface area contributed by atoms with Gasteiger partial charge in [0.1, 0.15) is 11.4 Å². The van der Waals surface area contributed by atoms with Crippen molar-refractivity contribution in [2.24, 2.45) is 0 Å². The molecule has 1 N–H and O–H groups in total. The number of unbranched alkanes of at least 4 members (excludes halogenated alkanes) is 1. The molecule has 0 fully saturated rings. The van der Waals surface area contributed by atoms with E-state index in [9.17, 15) is 0 Å².